The van der Waals surface area contributed by atoms with Crippen molar-refractivity contribution >= 4 is 12.6 Å². The zero-order chi connectivity index (χ0) is 27.8. The van der Waals surface area contributed by atoms with Crippen molar-refractivity contribution in [2.45, 2.75) is 107 Å². The summed E-state index contributed by atoms with van der Waals surface area (Å²) in [5, 5.41) is 31.9. The summed E-state index contributed by atoms with van der Waals surface area (Å²) in [4.78, 5) is 23.1. The van der Waals surface area contributed by atoms with Gasteiger partial charge in [0.1, 0.15) is 17.2 Å². The van der Waals surface area contributed by atoms with E-state index in [-0.39, 0.29) is 33.4 Å². The molecule has 1 aromatic rings. The van der Waals surface area contributed by atoms with Gasteiger partial charge in [-0.3, -0.25) is 9.59 Å². The van der Waals surface area contributed by atoms with Crippen molar-refractivity contribution in [1.82, 2.24) is 0 Å². The maximum absolute atomic E-state index is 11.6. The van der Waals surface area contributed by atoms with Crippen LogP contribution in [-0.2, 0) is 0 Å². The van der Waals surface area contributed by atoms with Gasteiger partial charge in [-0.2, -0.15) is 0 Å². The molecule has 3 fully saturated rings. The molecule has 3 saturated carbocycles. The fraction of sp³-hybridized carbons (Fsp3) is 0.742. The fourth-order valence-electron chi connectivity index (χ4n) is 7.73. The highest BCUT2D eigenvalue weighted by atomic mass is 16.3. The molecule has 0 radical (unpaired) electrons. The molecule has 3 aliphatic carbocycles. The highest BCUT2D eigenvalue weighted by Crippen LogP contribution is 2.77. The van der Waals surface area contributed by atoms with E-state index in [0.717, 1.165) is 18.8 Å². The minimum absolute atomic E-state index is 0.206. The highest BCUT2D eigenvalue weighted by molar-refractivity contribution is 5.95. The molecule has 0 aromatic heterocycles. The summed E-state index contributed by atoms with van der Waals surface area (Å²) in [6.45, 7) is 21.9. The summed E-state index contributed by atoms with van der Waals surface area (Å²) in [5.74, 6) is 0.794. The average Bonchev–Trinajstić information content (AvgIpc) is 3.28. The van der Waals surface area contributed by atoms with E-state index in [1.807, 2.05) is 20.8 Å². The van der Waals surface area contributed by atoms with Gasteiger partial charge in [-0.05, 0) is 71.5 Å². The Kier molecular flexibility index (Phi) is 9.01. The van der Waals surface area contributed by atoms with Crippen molar-refractivity contribution in [3.63, 3.8) is 0 Å². The van der Waals surface area contributed by atoms with Crippen LogP contribution in [0.3, 0.4) is 0 Å². The Labute approximate surface area is 218 Å². The molecule has 0 heterocycles. The normalized spacial score (nSPS) is 32.5. The molecule has 6 atom stereocenters. The number of carbonyl (C=O) groups is 2. The van der Waals surface area contributed by atoms with Crippen molar-refractivity contribution in [1.29, 1.82) is 0 Å². The van der Waals surface area contributed by atoms with Crippen molar-refractivity contribution in [3.8, 4) is 17.2 Å². The van der Waals surface area contributed by atoms with Gasteiger partial charge in [-0.15, -0.1) is 0 Å². The Bertz CT molecular complexity index is 926. The van der Waals surface area contributed by atoms with E-state index >= 15 is 0 Å². The summed E-state index contributed by atoms with van der Waals surface area (Å²) >= 11 is 0. The van der Waals surface area contributed by atoms with Gasteiger partial charge in [0.05, 0.1) is 11.1 Å². The van der Waals surface area contributed by atoms with E-state index in [0.29, 0.717) is 35.7 Å². The third-order valence-electron chi connectivity index (χ3n) is 9.65. The number of rotatable bonds is 4. The zero-order valence-electron chi connectivity index (χ0n) is 24.2. The van der Waals surface area contributed by atoms with Crippen LogP contribution < -0.4 is 0 Å². The largest absolute Gasteiger partial charge is 0.507 e. The molecule has 1 aromatic carbocycles. The minimum Gasteiger partial charge on any atom is -0.507 e. The van der Waals surface area contributed by atoms with Crippen LogP contribution in [0.1, 0.15) is 134 Å². The van der Waals surface area contributed by atoms with E-state index in [9.17, 15) is 24.9 Å². The number of hydrogen-bond donors (Lipinski definition) is 3. The third-order valence-corrected chi connectivity index (χ3v) is 9.65. The van der Waals surface area contributed by atoms with Gasteiger partial charge in [0.2, 0.25) is 0 Å². The molecule has 3 aliphatic rings. The minimum atomic E-state index is -0.662. The number of phenols is 3. The molecule has 5 nitrogen and oxygen atoms in total. The van der Waals surface area contributed by atoms with Crippen molar-refractivity contribution in [3.05, 3.63) is 16.7 Å². The molecular weight excluding hydrogens is 452 g/mol. The lowest BCUT2D eigenvalue weighted by Crippen LogP contribution is -2.37. The number of fused-ring (bicyclic) bond motifs is 3. The second-order valence-corrected chi connectivity index (χ2v) is 13.0. The number of benzene rings is 1. The molecule has 3 N–H and O–H groups in total. The molecule has 0 aliphatic heterocycles. The maximum Gasteiger partial charge on any atom is 0.157 e. The first-order chi connectivity index (χ1) is 16.7. The average molecular weight is 503 g/mol. The third kappa shape index (κ3) is 4.79. The molecule has 0 spiro atoms. The van der Waals surface area contributed by atoms with Crippen LogP contribution in [0.15, 0.2) is 0 Å². The van der Waals surface area contributed by atoms with E-state index < -0.39 is 17.2 Å². The fourth-order valence-corrected chi connectivity index (χ4v) is 7.73. The zero-order valence-corrected chi connectivity index (χ0v) is 24.2. The Hall–Kier alpha value is -2.04. The number of aldehydes is 2. The van der Waals surface area contributed by atoms with Gasteiger partial charge in [-0.1, -0.05) is 75.7 Å². The second-order valence-electron chi connectivity index (χ2n) is 13.0. The van der Waals surface area contributed by atoms with Crippen molar-refractivity contribution < 1.29 is 24.9 Å². The van der Waals surface area contributed by atoms with E-state index in [1.54, 1.807) is 0 Å². The predicted octanol–water partition coefficient (Wildman–Crippen LogP) is 8.10. The van der Waals surface area contributed by atoms with E-state index in [4.69, 9.17) is 0 Å². The van der Waals surface area contributed by atoms with Crippen molar-refractivity contribution in [2.24, 2.45) is 39.9 Å². The van der Waals surface area contributed by atoms with Crippen LogP contribution in [0.4, 0.5) is 0 Å². The summed E-state index contributed by atoms with van der Waals surface area (Å²) in [6, 6.07) is 0. The summed E-state index contributed by atoms with van der Waals surface area (Å²) in [6.07, 6.45) is 6.44. The molecule has 5 heteroatoms. The standard InChI is InChI=1S/C25H34O5.C4H10.C2H6/c1-13(17-20(29)14(11-26)19(28)15(12-27)21(17)30)25(5)10-9-24(4)8-6-7-16-18(22(24)25)23(16,2)3;1-4(2)3;1-2/h11-13,16,18,22,28-30H,6-10H2,1-5H3;4H,1-3H3;1-2H3/t13?,16-,18-,22+,24?,25?;;/m1../s1. The first-order valence-corrected chi connectivity index (χ1v) is 13.9. The Morgan fingerprint density at radius 2 is 1.28 bits per heavy atom. The number of carbonyl (C=O) groups excluding carboxylic acids is 2. The molecule has 0 bridgehead atoms. The predicted molar refractivity (Wildman–Crippen MR) is 146 cm³/mol. The molecule has 3 unspecified atom stereocenters. The second kappa shape index (κ2) is 10.8. The van der Waals surface area contributed by atoms with E-state index in [2.05, 4.69) is 48.5 Å². The molecule has 0 saturated heterocycles. The van der Waals surface area contributed by atoms with Gasteiger partial charge in [0, 0.05) is 5.56 Å². The maximum atomic E-state index is 11.6. The Morgan fingerprint density at radius 3 is 1.72 bits per heavy atom. The monoisotopic (exact) mass is 502 g/mol. The molecule has 36 heavy (non-hydrogen) atoms. The molecule has 4 rings (SSSR count). The van der Waals surface area contributed by atoms with Gasteiger partial charge < -0.3 is 15.3 Å². The van der Waals surface area contributed by atoms with Crippen molar-refractivity contribution in [2.75, 3.05) is 0 Å². The Morgan fingerprint density at radius 1 is 0.806 bits per heavy atom. The van der Waals surface area contributed by atoms with Crippen LogP contribution >= 0.6 is 0 Å². The summed E-state index contributed by atoms with van der Waals surface area (Å²) in [5.41, 5.74) is -0.152. The van der Waals surface area contributed by atoms with Crippen LogP contribution in [0.5, 0.6) is 17.2 Å². The Balaban J connectivity index is 0.000000694. The van der Waals surface area contributed by atoms with E-state index in [1.165, 1.54) is 19.3 Å². The number of aromatic hydroxyl groups is 3. The lowest BCUT2D eigenvalue weighted by atomic mass is 9.59. The van der Waals surface area contributed by atoms with Crippen LogP contribution in [0, 0.1) is 39.9 Å². The topological polar surface area (TPSA) is 94.8 Å². The quantitative estimate of drug-likeness (QED) is 0.362. The highest BCUT2D eigenvalue weighted by Gasteiger charge is 2.70. The van der Waals surface area contributed by atoms with Crippen LogP contribution in [-0.4, -0.2) is 27.9 Å². The van der Waals surface area contributed by atoms with Gasteiger partial charge in [0.15, 0.2) is 12.6 Å². The first-order valence-electron chi connectivity index (χ1n) is 13.9. The lowest BCUT2D eigenvalue weighted by molar-refractivity contribution is 0.0653. The van der Waals surface area contributed by atoms with Gasteiger partial charge in [-0.25, -0.2) is 0 Å². The lowest BCUT2D eigenvalue weighted by Gasteiger charge is -2.45. The summed E-state index contributed by atoms with van der Waals surface area (Å²) < 4.78 is 0. The smallest absolute Gasteiger partial charge is 0.157 e. The SMILES string of the molecule is CC.CC(C)C.CC(c1c(O)c(C=O)c(O)c(C=O)c1O)C1(C)CCC2(C)CCC[C@@H]3[C@H]([C@@H]21)C3(C)C. The van der Waals surface area contributed by atoms with Gasteiger partial charge in [0.25, 0.3) is 0 Å². The molecular formula is C31H50O5. The van der Waals surface area contributed by atoms with Crippen LogP contribution in [0.2, 0.25) is 0 Å². The molecule has 204 valence electrons. The molecule has 0 amide bonds. The number of hydrogen-bond acceptors (Lipinski definition) is 5. The summed E-state index contributed by atoms with van der Waals surface area (Å²) in [7, 11) is 0. The number of phenolic OH excluding ortho intramolecular Hbond substituents is 3. The first kappa shape index (κ1) is 30.2. The van der Waals surface area contributed by atoms with Crippen LogP contribution in [0.25, 0.3) is 0 Å². The van der Waals surface area contributed by atoms with Gasteiger partial charge >= 0.3 is 0 Å².